The molecule has 1 N–H and O–H groups in total. The maximum Gasteiger partial charge on any atom is 0.384 e. The van der Waals surface area contributed by atoms with Crippen molar-refractivity contribution < 1.29 is 28.3 Å². The lowest BCUT2D eigenvalue weighted by Gasteiger charge is -2.15. The zero-order valence-electron chi connectivity index (χ0n) is 10.5. The standard InChI is InChI=1S/C11H12F2N2O5/c1-2-20-10(17)11(12,13)9-5-3-4-7(14-9)8(16)6-15(18)19/h3-5,8,16H,2,6H2,1H3. The summed E-state index contributed by atoms with van der Waals surface area (Å²) in [7, 11) is 0. The molecule has 0 fully saturated rings. The Bertz CT molecular complexity index is 509. The maximum absolute atomic E-state index is 13.7. The lowest BCUT2D eigenvalue weighted by atomic mass is 10.1. The molecular formula is C11H12F2N2O5. The lowest BCUT2D eigenvalue weighted by Crippen LogP contribution is -2.30. The van der Waals surface area contributed by atoms with E-state index in [1.54, 1.807) is 0 Å². The van der Waals surface area contributed by atoms with Crippen LogP contribution in [-0.4, -0.2) is 34.1 Å². The van der Waals surface area contributed by atoms with Crippen LogP contribution in [-0.2, 0) is 15.5 Å². The Morgan fingerprint density at radius 2 is 2.25 bits per heavy atom. The number of hydrogen-bond donors (Lipinski definition) is 1. The molecule has 0 saturated carbocycles. The lowest BCUT2D eigenvalue weighted by molar-refractivity contribution is -0.491. The molecule has 110 valence electrons. The van der Waals surface area contributed by atoms with Crippen LogP contribution in [0.5, 0.6) is 0 Å². The van der Waals surface area contributed by atoms with Gasteiger partial charge in [0.15, 0.2) is 6.10 Å². The summed E-state index contributed by atoms with van der Waals surface area (Å²) in [6.45, 7) is 0.276. The summed E-state index contributed by atoms with van der Waals surface area (Å²) in [5.41, 5.74) is -1.25. The fraction of sp³-hybridized carbons (Fsp3) is 0.455. The second kappa shape index (κ2) is 6.33. The zero-order chi connectivity index (χ0) is 15.3. The molecule has 0 amide bonds. The van der Waals surface area contributed by atoms with Crippen molar-refractivity contribution in [2.24, 2.45) is 0 Å². The molecule has 1 rings (SSSR count). The number of aliphatic hydroxyl groups is 1. The summed E-state index contributed by atoms with van der Waals surface area (Å²) in [4.78, 5) is 24.0. The summed E-state index contributed by atoms with van der Waals surface area (Å²) >= 11 is 0. The van der Waals surface area contributed by atoms with Gasteiger partial charge in [-0.3, -0.25) is 10.1 Å². The number of ether oxygens (including phenoxy) is 1. The Morgan fingerprint density at radius 3 is 2.80 bits per heavy atom. The van der Waals surface area contributed by atoms with Gasteiger partial charge in [0, 0.05) is 4.92 Å². The van der Waals surface area contributed by atoms with Gasteiger partial charge in [0.2, 0.25) is 6.54 Å². The first-order chi connectivity index (χ1) is 9.28. The van der Waals surface area contributed by atoms with Crippen LogP contribution < -0.4 is 0 Å². The summed E-state index contributed by atoms with van der Waals surface area (Å²) in [6.07, 6.45) is -1.64. The number of rotatable bonds is 6. The number of carbonyl (C=O) groups is 1. The number of carbonyl (C=O) groups excluding carboxylic acids is 1. The van der Waals surface area contributed by atoms with E-state index >= 15 is 0 Å². The van der Waals surface area contributed by atoms with Gasteiger partial charge < -0.3 is 9.84 Å². The smallest absolute Gasteiger partial charge is 0.384 e. The van der Waals surface area contributed by atoms with Gasteiger partial charge in [0.25, 0.3) is 0 Å². The van der Waals surface area contributed by atoms with Crippen LogP contribution in [0.2, 0.25) is 0 Å². The quantitative estimate of drug-likeness (QED) is 0.477. The second-order valence-corrected chi connectivity index (χ2v) is 3.77. The Labute approximate surface area is 112 Å². The molecule has 9 heteroatoms. The highest BCUT2D eigenvalue weighted by atomic mass is 19.3. The molecule has 1 atom stereocenters. The Hall–Kier alpha value is -2.16. The molecule has 1 aromatic heterocycles. The van der Waals surface area contributed by atoms with Crippen molar-refractivity contribution in [2.75, 3.05) is 13.2 Å². The molecule has 1 heterocycles. The van der Waals surface area contributed by atoms with Gasteiger partial charge in [-0.15, -0.1) is 0 Å². The number of halogens is 2. The molecule has 0 aliphatic heterocycles. The highest BCUT2D eigenvalue weighted by molar-refractivity contribution is 5.78. The highest BCUT2D eigenvalue weighted by Gasteiger charge is 2.44. The summed E-state index contributed by atoms with van der Waals surface area (Å²) in [5.74, 6) is -5.76. The van der Waals surface area contributed by atoms with Crippen molar-refractivity contribution in [1.82, 2.24) is 4.98 Å². The summed E-state index contributed by atoms with van der Waals surface area (Å²) in [6, 6.07) is 3.15. The molecule has 1 aromatic rings. The Morgan fingerprint density at radius 1 is 1.60 bits per heavy atom. The number of nitro groups is 1. The molecule has 0 aliphatic rings. The van der Waals surface area contributed by atoms with Crippen LogP contribution in [0.3, 0.4) is 0 Å². The second-order valence-electron chi connectivity index (χ2n) is 3.77. The minimum atomic E-state index is -3.99. The monoisotopic (exact) mass is 290 g/mol. The van der Waals surface area contributed by atoms with E-state index in [0.29, 0.717) is 0 Å². The number of esters is 1. The van der Waals surface area contributed by atoms with Gasteiger partial charge in [0.1, 0.15) is 5.69 Å². The van der Waals surface area contributed by atoms with Crippen molar-refractivity contribution in [2.45, 2.75) is 19.0 Å². The van der Waals surface area contributed by atoms with Crippen LogP contribution >= 0.6 is 0 Å². The van der Waals surface area contributed by atoms with Gasteiger partial charge in [-0.2, -0.15) is 8.78 Å². The fourth-order valence-electron chi connectivity index (χ4n) is 1.37. The number of hydrogen-bond acceptors (Lipinski definition) is 6. The average Bonchev–Trinajstić information content (AvgIpc) is 2.38. The van der Waals surface area contributed by atoms with Crippen LogP contribution in [0.25, 0.3) is 0 Å². The molecule has 20 heavy (non-hydrogen) atoms. The Kier molecular flexibility index (Phi) is 5.03. The third-order valence-electron chi connectivity index (χ3n) is 2.29. The van der Waals surface area contributed by atoms with Crippen LogP contribution in [0.15, 0.2) is 18.2 Å². The Balaban J connectivity index is 3.03. The van der Waals surface area contributed by atoms with Crippen LogP contribution in [0.1, 0.15) is 24.4 Å². The molecule has 1 unspecified atom stereocenters. The maximum atomic E-state index is 13.7. The topological polar surface area (TPSA) is 103 Å². The van der Waals surface area contributed by atoms with Gasteiger partial charge in [-0.25, -0.2) is 9.78 Å². The molecule has 0 radical (unpaired) electrons. The van der Waals surface area contributed by atoms with Gasteiger partial charge >= 0.3 is 11.9 Å². The number of aromatic nitrogens is 1. The van der Waals surface area contributed by atoms with E-state index in [-0.39, 0.29) is 12.3 Å². The van der Waals surface area contributed by atoms with Crippen molar-refractivity contribution in [1.29, 1.82) is 0 Å². The molecule has 7 nitrogen and oxygen atoms in total. The fourth-order valence-corrected chi connectivity index (χ4v) is 1.37. The summed E-state index contributed by atoms with van der Waals surface area (Å²) in [5, 5.41) is 19.7. The minimum absolute atomic E-state index is 0.224. The molecular weight excluding hydrogens is 278 g/mol. The van der Waals surface area contributed by atoms with Crippen molar-refractivity contribution >= 4 is 5.97 Å². The largest absolute Gasteiger partial charge is 0.461 e. The van der Waals surface area contributed by atoms with E-state index < -0.39 is 35.2 Å². The third kappa shape index (κ3) is 3.67. The molecule has 0 aliphatic carbocycles. The predicted molar refractivity (Wildman–Crippen MR) is 61.6 cm³/mol. The molecule has 0 spiro atoms. The number of aliphatic hydroxyl groups excluding tert-OH is 1. The summed E-state index contributed by atoms with van der Waals surface area (Å²) < 4.78 is 31.6. The van der Waals surface area contributed by atoms with Gasteiger partial charge in [0.05, 0.1) is 12.3 Å². The van der Waals surface area contributed by atoms with Gasteiger partial charge in [-0.05, 0) is 19.1 Å². The van der Waals surface area contributed by atoms with E-state index in [2.05, 4.69) is 9.72 Å². The molecule has 0 bridgehead atoms. The number of alkyl halides is 2. The average molecular weight is 290 g/mol. The molecule has 0 aromatic carbocycles. The van der Waals surface area contributed by atoms with E-state index in [1.165, 1.54) is 6.92 Å². The van der Waals surface area contributed by atoms with Gasteiger partial charge in [-0.1, -0.05) is 6.07 Å². The van der Waals surface area contributed by atoms with E-state index in [9.17, 15) is 28.8 Å². The SMILES string of the molecule is CCOC(=O)C(F)(F)c1cccc(C(O)C[N+](=O)[O-])n1. The third-order valence-corrected chi connectivity index (χ3v) is 2.29. The first kappa shape index (κ1) is 15.9. The van der Waals surface area contributed by atoms with Crippen LogP contribution in [0, 0.1) is 10.1 Å². The first-order valence-corrected chi connectivity index (χ1v) is 5.61. The predicted octanol–water partition coefficient (Wildman–Crippen LogP) is 1.05. The molecule has 0 saturated heterocycles. The van der Waals surface area contributed by atoms with Crippen molar-refractivity contribution in [3.8, 4) is 0 Å². The highest BCUT2D eigenvalue weighted by Crippen LogP contribution is 2.28. The number of nitrogens with zero attached hydrogens (tertiary/aromatic N) is 2. The van der Waals surface area contributed by atoms with E-state index in [4.69, 9.17) is 0 Å². The van der Waals surface area contributed by atoms with E-state index in [0.717, 1.165) is 18.2 Å². The number of pyridine rings is 1. The van der Waals surface area contributed by atoms with E-state index in [1.807, 2.05) is 0 Å². The van der Waals surface area contributed by atoms with Crippen LogP contribution in [0.4, 0.5) is 8.78 Å². The normalized spacial score (nSPS) is 12.8. The zero-order valence-corrected chi connectivity index (χ0v) is 10.5. The van der Waals surface area contributed by atoms with Crippen molar-refractivity contribution in [3.63, 3.8) is 0 Å². The van der Waals surface area contributed by atoms with Crippen molar-refractivity contribution in [3.05, 3.63) is 39.7 Å². The minimum Gasteiger partial charge on any atom is -0.461 e. The first-order valence-electron chi connectivity index (χ1n) is 5.61.